The highest BCUT2D eigenvalue weighted by atomic mass is 32.2. The molecule has 144 valence electrons. The molecule has 8 heteroatoms. The molecule has 0 unspecified atom stereocenters. The van der Waals surface area contributed by atoms with Crippen molar-refractivity contribution < 1.29 is 22.7 Å². The van der Waals surface area contributed by atoms with Crippen molar-refractivity contribution >= 4 is 38.1 Å². The average Bonchev–Trinajstić information content (AvgIpc) is 2.99. The smallest absolute Gasteiger partial charge is 0.341 e. The van der Waals surface area contributed by atoms with Crippen molar-refractivity contribution in [3.63, 3.8) is 0 Å². The molecule has 0 saturated heterocycles. The second kappa shape index (κ2) is 7.82. The molecule has 3 rings (SSSR count). The Labute approximate surface area is 162 Å². The van der Waals surface area contributed by atoms with Crippen LogP contribution in [0.5, 0.6) is 0 Å². The molecule has 0 bridgehead atoms. The molecule has 0 atom stereocenters. The Morgan fingerprint density at radius 3 is 2.59 bits per heavy atom. The van der Waals surface area contributed by atoms with E-state index in [9.17, 15) is 18.0 Å². The zero-order chi connectivity index (χ0) is 19.6. The normalized spacial score (nSPS) is 13.7. The molecule has 0 saturated carbocycles. The van der Waals surface area contributed by atoms with Gasteiger partial charge in [0.1, 0.15) is 5.00 Å². The predicted molar refractivity (Wildman–Crippen MR) is 104 cm³/mol. The van der Waals surface area contributed by atoms with Crippen molar-refractivity contribution in [1.29, 1.82) is 0 Å². The fourth-order valence-electron chi connectivity index (χ4n) is 3.22. The Morgan fingerprint density at radius 2 is 1.89 bits per heavy atom. The number of esters is 1. The quantitative estimate of drug-likeness (QED) is 0.767. The summed E-state index contributed by atoms with van der Waals surface area (Å²) in [4.78, 5) is 26.3. The fourth-order valence-corrected chi connectivity index (χ4v) is 5.38. The van der Waals surface area contributed by atoms with Crippen molar-refractivity contribution in [2.24, 2.45) is 0 Å². The Bertz CT molecular complexity index is 992. The van der Waals surface area contributed by atoms with Crippen molar-refractivity contribution in [1.82, 2.24) is 0 Å². The number of sulfone groups is 1. The summed E-state index contributed by atoms with van der Waals surface area (Å²) in [6.45, 7) is 1.98. The van der Waals surface area contributed by atoms with E-state index in [1.165, 1.54) is 23.5 Å². The second-order valence-corrected chi connectivity index (χ2v) is 9.45. The standard InChI is InChI=1S/C19H21NO5S2/c1-3-25-19(22)16-12-8-4-6-10-14(12)26-18(16)20-17(21)13-9-5-7-11-15(13)27(2,23)24/h5,7,9,11H,3-4,6,8,10H2,1-2H3,(H,20,21). The first kappa shape index (κ1) is 19.6. The van der Waals surface area contributed by atoms with Gasteiger partial charge in [0, 0.05) is 11.1 Å². The molecule has 1 amide bonds. The van der Waals surface area contributed by atoms with Gasteiger partial charge in [0.15, 0.2) is 9.84 Å². The Balaban J connectivity index is 2.00. The van der Waals surface area contributed by atoms with Crippen molar-refractivity contribution in [2.75, 3.05) is 18.2 Å². The molecule has 1 heterocycles. The Morgan fingerprint density at radius 1 is 1.19 bits per heavy atom. The van der Waals surface area contributed by atoms with E-state index in [0.717, 1.165) is 42.4 Å². The van der Waals surface area contributed by atoms with Crippen LogP contribution in [0.15, 0.2) is 29.2 Å². The molecule has 0 spiro atoms. The van der Waals surface area contributed by atoms with Gasteiger partial charge in [0.2, 0.25) is 0 Å². The molecule has 1 aliphatic carbocycles. The van der Waals surface area contributed by atoms with Gasteiger partial charge in [-0.15, -0.1) is 11.3 Å². The topological polar surface area (TPSA) is 89.5 Å². The lowest BCUT2D eigenvalue weighted by Gasteiger charge is -2.12. The average molecular weight is 408 g/mol. The van der Waals surface area contributed by atoms with Crippen LogP contribution in [0.1, 0.15) is 50.9 Å². The molecule has 0 fully saturated rings. The maximum absolute atomic E-state index is 12.8. The second-order valence-electron chi connectivity index (χ2n) is 6.36. The number of amides is 1. The van der Waals surface area contributed by atoms with Crippen LogP contribution in [0, 0.1) is 0 Å². The molecule has 1 aliphatic rings. The highest BCUT2D eigenvalue weighted by Crippen LogP contribution is 2.39. The van der Waals surface area contributed by atoms with Crippen molar-refractivity contribution in [2.45, 2.75) is 37.5 Å². The Hall–Kier alpha value is -2.19. The minimum atomic E-state index is -3.56. The summed E-state index contributed by atoms with van der Waals surface area (Å²) in [5.41, 5.74) is 1.40. The Kier molecular flexibility index (Phi) is 5.67. The van der Waals surface area contributed by atoms with Gasteiger partial charge in [-0.05, 0) is 50.3 Å². The lowest BCUT2D eigenvalue weighted by atomic mass is 9.95. The molecule has 27 heavy (non-hydrogen) atoms. The number of carbonyl (C=O) groups excluding carboxylic acids is 2. The number of nitrogens with one attached hydrogen (secondary N) is 1. The molecular formula is C19H21NO5S2. The zero-order valence-electron chi connectivity index (χ0n) is 15.2. The van der Waals surface area contributed by atoms with Crippen LogP contribution in [0.3, 0.4) is 0 Å². The number of benzene rings is 1. The summed E-state index contributed by atoms with van der Waals surface area (Å²) >= 11 is 1.37. The fraction of sp³-hybridized carbons (Fsp3) is 0.368. The first-order chi connectivity index (χ1) is 12.8. The number of hydrogen-bond donors (Lipinski definition) is 1. The summed E-state index contributed by atoms with van der Waals surface area (Å²) < 4.78 is 29.1. The summed E-state index contributed by atoms with van der Waals surface area (Å²) in [6, 6.07) is 6.04. The maximum atomic E-state index is 12.8. The molecule has 1 N–H and O–H groups in total. The zero-order valence-corrected chi connectivity index (χ0v) is 16.8. The number of rotatable bonds is 5. The van der Waals surface area contributed by atoms with Crippen LogP contribution in [0.4, 0.5) is 5.00 Å². The van der Waals surface area contributed by atoms with Crippen LogP contribution in [0.2, 0.25) is 0 Å². The van der Waals surface area contributed by atoms with E-state index in [-0.39, 0.29) is 17.1 Å². The van der Waals surface area contributed by atoms with Crippen LogP contribution < -0.4 is 5.32 Å². The van der Waals surface area contributed by atoms with E-state index in [4.69, 9.17) is 4.74 Å². The first-order valence-corrected chi connectivity index (χ1v) is 11.5. The maximum Gasteiger partial charge on any atom is 0.341 e. The van der Waals surface area contributed by atoms with Crippen molar-refractivity contribution in [3.05, 3.63) is 45.8 Å². The van der Waals surface area contributed by atoms with Gasteiger partial charge >= 0.3 is 5.97 Å². The van der Waals surface area contributed by atoms with Gasteiger partial charge in [-0.1, -0.05) is 12.1 Å². The van der Waals surface area contributed by atoms with E-state index >= 15 is 0 Å². The summed E-state index contributed by atoms with van der Waals surface area (Å²) in [7, 11) is -3.56. The van der Waals surface area contributed by atoms with Gasteiger partial charge in [-0.3, -0.25) is 4.79 Å². The minimum absolute atomic E-state index is 0.0403. The summed E-state index contributed by atoms with van der Waals surface area (Å²) in [6.07, 6.45) is 4.73. The van der Waals surface area contributed by atoms with Crippen LogP contribution >= 0.6 is 11.3 Å². The first-order valence-electron chi connectivity index (χ1n) is 8.75. The molecule has 0 radical (unpaired) electrons. The van der Waals surface area contributed by atoms with Crippen molar-refractivity contribution in [3.8, 4) is 0 Å². The van der Waals surface area contributed by atoms with E-state index in [1.807, 2.05) is 0 Å². The number of anilines is 1. The third kappa shape index (κ3) is 4.06. The third-order valence-corrected chi connectivity index (χ3v) is 6.77. The minimum Gasteiger partial charge on any atom is -0.462 e. The molecule has 2 aromatic rings. The largest absolute Gasteiger partial charge is 0.462 e. The van der Waals surface area contributed by atoms with Gasteiger partial charge in [0.25, 0.3) is 5.91 Å². The van der Waals surface area contributed by atoms with Crippen LogP contribution in [-0.4, -0.2) is 33.2 Å². The van der Waals surface area contributed by atoms with Gasteiger partial charge in [-0.2, -0.15) is 0 Å². The molecule has 6 nitrogen and oxygen atoms in total. The van der Waals surface area contributed by atoms with E-state index < -0.39 is 21.7 Å². The van der Waals surface area contributed by atoms with E-state index in [0.29, 0.717) is 10.6 Å². The van der Waals surface area contributed by atoms with Crippen LogP contribution in [-0.2, 0) is 27.4 Å². The number of aryl methyl sites for hydroxylation is 1. The third-order valence-electron chi connectivity index (χ3n) is 4.41. The highest BCUT2D eigenvalue weighted by molar-refractivity contribution is 7.90. The van der Waals surface area contributed by atoms with E-state index in [1.54, 1.807) is 19.1 Å². The lowest BCUT2D eigenvalue weighted by Crippen LogP contribution is -2.18. The highest BCUT2D eigenvalue weighted by Gasteiger charge is 2.28. The SMILES string of the molecule is CCOC(=O)c1c(NC(=O)c2ccccc2S(C)(=O)=O)sc2c1CCCC2. The predicted octanol–water partition coefficient (Wildman–Crippen LogP) is 3.46. The number of fused-ring (bicyclic) bond motifs is 1. The van der Waals surface area contributed by atoms with Gasteiger partial charge < -0.3 is 10.1 Å². The number of hydrogen-bond acceptors (Lipinski definition) is 6. The monoisotopic (exact) mass is 407 g/mol. The summed E-state index contributed by atoms with van der Waals surface area (Å²) in [5, 5.41) is 3.17. The summed E-state index contributed by atoms with van der Waals surface area (Å²) in [5.74, 6) is -1.01. The molecule has 1 aromatic heterocycles. The van der Waals surface area contributed by atoms with Gasteiger partial charge in [-0.25, -0.2) is 13.2 Å². The van der Waals surface area contributed by atoms with Crippen LogP contribution in [0.25, 0.3) is 0 Å². The van der Waals surface area contributed by atoms with E-state index in [2.05, 4.69) is 5.32 Å². The number of carbonyl (C=O) groups is 2. The number of ether oxygens (including phenoxy) is 1. The van der Waals surface area contributed by atoms with Gasteiger partial charge in [0.05, 0.1) is 22.6 Å². The molecule has 0 aliphatic heterocycles. The molecule has 1 aromatic carbocycles. The lowest BCUT2D eigenvalue weighted by molar-refractivity contribution is 0.0526. The molecular weight excluding hydrogens is 386 g/mol. The number of thiophene rings is 1.